The van der Waals surface area contributed by atoms with E-state index in [1.54, 1.807) is 22.5 Å². The summed E-state index contributed by atoms with van der Waals surface area (Å²) < 4.78 is 47.0. The van der Waals surface area contributed by atoms with Gasteiger partial charge in [0, 0.05) is 24.1 Å². The molecule has 2 aliphatic rings. The first-order chi connectivity index (χ1) is 12.9. The van der Waals surface area contributed by atoms with Crippen LogP contribution in [0.1, 0.15) is 31.2 Å². The summed E-state index contributed by atoms with van der Waals surface area (Å²) in [6.45, 7) is 2.28. The van der Waals surface area contributed by atoms with Gasteiger partial charge in [0.05, 0.1) is 17.7 Å². The molecular weight excluding hydrogens is 367 g/mol. The van der Waals surface area contributed by atoms with E-state index in [4.69, 9.17) is 4.74 Å². The van der Waals surface area contributed by atoms with E-state index in [0.717, 1.165) is 37.4 Å². The van der Waals surface area contributed by atoms with Crippen molar-refractivity contribution in [3.05, 3.63) is 54.0 Å². The summed E-state index contributed by atoms with van der Waals surface area (Å²) in [5.41, 5.74) is 0.933. The maximum Gasteiger partial charge on any atom is 0.243 e. The van der Waals surface area contributed by atoms with Crippen LogP contribution in [0.25, 0.3) is 0 Å². The van der Waals surface area contributed by atoms with Gasteiger partial charge in [-0.3, -0.25) is 0 Å². The molecule has 27 heavy (non-hydrogen) atoms. The average Bonchev–Trinajstić information content (AvgIpc) is 2.98. The fourth-order valence-corrected chi connectivity index (χ4v) is 6.37. The van der Waals surface area contributed by atoms with Crippen molar-refractivity contribution in [1.82, 2.24) is 9.29 Å². The summed E-state index contributed by atoms with van der Waals surface area (Å²) in [5.74, 6) is 0.0638. The zero-order valence-electron chi connectivity index (χ0n) is 15.2. The number of hydrogen-bond acceptors (Lipinski definition) is 4. The van der Waals surface area contributed by atoms with Crippen LogP contribution in [0.3, 0.4) is 0 Å². The number of nitrogens with zero attached hydrogens (tertiary/aromatic N) is 2. The van der Waals surface area contributed by atoms with Crippen molar-refractivity contribution in [2.45, 2.75) is 49.6 Å². The van der Waals surface area contributed by atoms with Crippen LogP contribution in [0.15, 0.2) is 47.5 Å². The lowest BCUT2D eigenvalue weighted by atomic mass is 9.93. The summed E-state index contributed by atoms with van der Waals surface area (Å²) in [4.78, 5) is 4.28. The molecule has 1 unspecified atom stereocenters. The van der Waals surface area contributed by atoms with Crippen molar-refractivity contribution in [3.8, 4) is 5.88 Å². The fourth-order valence-electron chi connectivity index (χ4n) is 4.31. The molecule has 7 heteroatoms. The van der Waals surface area contributed by atoms with Crippen molar-refractivity contribution in [2.75, 3.05) is 6.61 Å². The largest absolute Gasteiger partial charge is 0.477 e. The second-order valence-electron chi connectivity index (χ2n) is 7.41. The number of aryl methyl sites for hydroxylation is 1. The molecule has 144 valence electrons. The monoisotopic (exact) mass is 390 g/mol. The minimum Gasteiger partial charge on any atom is -0.477 e. The molecule has 0 radical (unpaired) electrons. The highest BCUT2D eigenvalue weighted by atomic mass is 32.2. The van der Waals surface area contributed by atoms with E-state index in [-0.39, 0.29) is 18.0 Å². The van der Waals surface area contributed by atoms with Gasteiger partial charge in [-0.1, -0.05) is 12.1 Å². The molecule has 0 saturated carbocycles. The normalized spacial score (nSPS) is 25.5. The van der Waals surface area contributed by atoms with E-state index in [9.17, 15) is 12.8 Å². The highest BCUT2D eigenvalue weighted by Gasteiger charge is 2.48. The third kappa shape index (κ3) is 3.58. The number of sulfonamides is 1. The maximum absolute atomic E-state index is 13.3. The Hall–Kier alpha value is -1.99. The first-order valence-electron chi connectivity index (χ1n) is 9.30. The summed E-state index contributed by atoms with van der Waals surface area (Å²) in [5, 5.41) is 0. The van der Waals surface area contributed by atoms with E-state index in [2.05, 4.69) is 4.98 Å². The maximum atomic E-state index is 13.3. The van der Waals surface area contributed by atoms with Crippen LogP contribution in [-0.2, 0) is 10.0 Å². The highest BCUT2D eigenvalue weighted by molar-refractivity contribution is 7.89. The smallest absolute Gasteiger partial charge is 0.243 e. The summed E-state index contributed by atoms with van der Waals surface area (Å²) >= 11 is 0. The molecule has 1 aromatic heterocycles. The highest BCUT2D eigenvalue weighted by Crippen LogP contribution is 2.42. The molecule has 0 aliphatic carbocycles. The van der Waals surface area contributed by atoms with Gasteiger partial charge in [-0.2, -0.15) is 4.31 Å². The number of piperidine rings is 1. The second-order valence-corrected chi connectivity index (χ2v) is 9.26. The lowest BCUT2D eigenvalue weighted by molar-refractivity contribution is 0.122. The van der Waals surface area contributed by atoms with Crippen molar-refractivity contribution in [2.24, 2.45) is 5.92 Å². The molecule has 5 nitrogen and oxygen atoms in total. The van der Waals surface area contributed by atoms with Gasteiger partial charge in [0.25, 0.3) is 0 Å². The lowest BCUT2D eigenvalue weighted by Crippen LogP contribution is -2.49. The van der Waals surface area contributed by atoms with Crippen LogP contribution < -0.4 is 4.74 Å². The predicted molar refractivity (Wildman–Crippen MR) is 99.4 cm³/mol. The Morgan fingerprint density at radius 1 is 1.19 bits per heavy atom. The van der Waals surface area contributed by atoms with Crippen LogP contribution in [0.4, 0.5) is 4.39 Å². The van der Waals surface area contributed by atoms with Crippen LogP contribution in [0.2, 0.25) is 0 Å². The average molecular weight is 390 g/mol. The Morgan fingerprint density at radius 2 is 2.00 bits per heavy atom. The van der Waals surface area contributed by atoms with Crippen LogP contribution in [0, 0.1) is 18.7 Å². The zero-order chi connectivity index (χ0) is 19.0. The van der Waals surface area contributed by atoms with Crippen LogP contribution >= 0.6 is 0 Å². The molecule has 4 rings (SSSR count). The number of aromatic nitrogens is 1. The fraction of sp³-hybridized carbons (Fsp3) is 0.450. The molecule has 3 heterocycles. The van der Waals surface area contributed by atoms with E-state index >= 15 is 0 Å². The quantitative estimate of drug-likeness (QED) is 0.784. The van der Waals surface area contributed by atoms with E-state index in [1.165, 1.54) is 12.1 Å². The van der Waals surface area contributed by atoms with E-state index < -0.39 is 15.8 Å². The number of pyridine rings is 1. The van der Waals surface area contributed by atoms with Gasteiger partial charge in [-0.15, -0.1) is 0 Å². The number of hydrogen-bond donors (Lipinski definition) is 0. The van der Waals surface area contributed by atoms with Gasteiger partial charge in [0.2, 0.25) is 15.9 Å². The second kappa shape index (κ2) is 7.20. The van der Waals surface area contributed by atoms with Crippen molar-refractivity contribution in [1.29, 1.82) is 0 Å². The molecule has 2 bridgehead atoms. The Balaban J connectivity index is 1.53. The molecular formula is C20H23FN2O3S. The third-order valence-electron chi connectivity index (χ3n) is 5.61. The molecule has 0 N–H and O–H groups in total. The van der Waals surface area contributed by atoms with Crippen molar-refractivity contribution < 1.29 is 17.5 Å². The number of rotatable bonds is 5. The standard InChI is InChI=1S/C20H23FN2O3S/c1-14-3-2-4-18(11-14)27(24,25)23-17-7-5-15(19(23)9-8-17)13-26-20-10-6-16(21)12-22-20/h2-4,6,10-12,15,17,19H,5,7-9,13H2,1H3/t15-,17-,19?/m1/s1. The number of benzene rings is 1. The molecule has 0 amide bonds. The van der Waals surface area contributed by atoms with Crippen LogP contribution in [-0.4, -0.2) is 36.4 Å². The number of fused-ring (bicyclic) bond motifs is 2. The molecule has 1 aromatic carbocycles. The van der Waals surface area contributed by atoms with Gasteiger partial charge < -0.3 is 4.74 Å². The van der Waals surface area contributed by atoms with Crippen molar-refractivity contribution in [3.63, 3.8) is 0 Å². The SMILES string of the molecule is Cc1cccc(S(=O)(=O)N2C3CC[C@H]2CC[C@@H]3COc2ccc(F)cn2)c1. The van der Waals surface area contributed by atoms with Gasteiger partial charge in [-0.05, 0) is 56.4 Å². The van der Waals surface area contributed by atoms with Gasteiger partial charge in [0.15, 0.2) is 0 Å². The minimum atomic E-state index is -3.53. The first-order valence-corrected chi connectivity index (χ1v) is 10.7. The molecule has 2 fully saturated rings. The number of halogens is 1. The van der Waals surface area contributed by atoms with Crippen molar-refractivity contribution >= 4 is 10.0 Å². The third-order valence-corrected chi connectivity index (χ3v) is 7.58. The van der Waals surface area contributed by atoms with Crippen LogP contribution in [0.5, 0.6) is 5.88 Å². The molecule has 2 aliphatic heterocycles. The lowest BCUT2D eigenvalue weighted by Gasteiger charge is -2.38. The Labute approximate surface area is 159 Å². The zero-order valence-corrected chi connectivity index (χ0v) is 16.0. The Kier molecular flexibility index (Phi) is 4.90. The molecule has 2 saturated heterocycles. The summed E-state index contributed by atoms with van der Waals surface area (Å²) in [7, 11) is -3.53. The Morgan fingerprint density at radius 3 is 2.74 bits per heavy atom. The summed E-state index contributed by atoms with van der Waals surface area (Å²) in [6, 6.07) is 9.91. The van der Waals surface area contributed by atoms with E-state index in [1.807, 2.05) is 13.0 Å². The van der Waals surface area contributed by atoms with E-state index in [0.29, 0.717) is 17.4 Å². The van der Waals surface area contributed by atoms with Gasteiger partial charge >= 0.3 is 0 Å². The van der Waals surface area contributed by atoms with Gasteiger partial charge in [-0.25, -0.2) is 17.8 Å². The number of ether oxygens (including phenoxy) is 1. The Bertz CT molecular complexity index is 917. The first kappa shape index (κ1) is 18.4. The molecule has 2 aromatic rings. The topological polar surface area (TPSA) is 59.5 Å². The predicted octanol–water partition coefficient (Wildman–Crippen LogP) is 3.54. The summed E-state index contributed by atoms with van der Waals surface area (Å²) in [6.07, 6.45) is 4.63. The van der Waals surface area contributed by atoms with Gasteiger partial charge in [0.1, 0.15) is 5.82 Å². The molecule has 0 spiro atoms. The minimum absolute atomic E-state index is 0.0605. The molecule has 3 atom stereocenters.